The molecule has 0 amide bonds. The van der Waals surface area contributed by atoms with Crippen LogP contribution in [0.1, 0.15) is 20.8 Å². The molecule has 9 heavy (non-hydrogen) atoms. The summed E-state index contributed by atoms with van der Waals surface area (Å²) >= 11 is 3.11. The summed E-state index contributed by atoms with van der Waals surface area (Å²) in [6, 6.07) is 0. The zero-order valence-corrected chi connectivity index (χ0v) is 7.62. The maximum Gasteiger partial charge on any atom is 0.0949 e. The van der Waals surface area contributed by atoms with E-state index in [1.807, 2.05) is 20.8 Å². The van der Waals surface area contributed by atoms with Gasteiger partial charge in [0.25, 0.3) is 0 Å². The maximum absolute atomic E-state index is 5.60. The summed E-state index contributed by atoms with van der Waals surface area (Å²) in [4.78, 5) is 0. The van der Waals surface area contributed by atoms with Crippen LogP contribution in [0.5, 0.6) is 0 Å². The summed E-state index contributed by atoms with van der Waals surface area (Å²) < 4.78 is 0.537. The first-order valence-electron chi connectivity index (χ1n) is 2.77. The van der Waals surface area contributed by atoms with Crippen molar-refractivity contribution in [2.24, 2.45) is 16.9 Å². The molecular formula is C6H13BrN2. The van der Waals surface area contributed by atoms with Gasteiger partial charge in [-0.15, -0.1) is 0 Å². The molecule has 0 unspecified atom stereocenters. The highest BCUT2D eigenvalue weighted by molar-refractivity contribution is 9.11. The first-order valence-corrected chi connectivity index (χ1v) is 3.56. The number of hydrogen-bond donors (Lipinski definition) is 2. The molecule has 0 rings (SSSR count). The minimum atomic E-state index is -0.0341. The zero-order chi connectivity index (χ0) is 7.65. The predicted octanol–water partition coefficient (Wildman–Crippen LogP) is 1.51. The normalized spacial score (nSPS) is 15.1. The lowest BCUT2D eigenvalue weighted by atomic mass is 9.93. The van der Waals surface area contributed by atoms with E-state index >= 15 is 0 Å². The fourth-order valence-corrected chi connectivity index (χ4v) is 0.953. The van der Waals surface area contributed by atoms with Crippen LogP contribution >= 0.6 is 15.9 Å². The second kappa shape index (κ2) is 2.60. The highest BCUT2D eigenvalue weighted by Gasteiger charge is 2.15. The third kappa shape index (κ3) is 2.75. The van der Waals surface area contributed by atoms with Crippen LogP contribution in [-0.2, 0) is 0 Å². The van der Waals surface area contributed by atoms with Gasteiger partial charge in [0.1, 0.15) is 0 Å². The molecule has 0 radical (unpaired) electrons. The topological polar surface area (TPSA) is 52.0 Å². The van der Waals surface area contributed by atoms with Crippen LogP contribution in [0.3, 0.4) is 0 Å². The molecule has 0 saturated carbocycles. The van der Waals surface area contributed by atoms with Crippen molar-refractivity contribution in [3.05, 3.63) is 10.3 Å². The summed E-state index contributed by atoms with van der Waals surface area (Å²) in [5.74, 6) is 0. The summed E-state index contributed by atoms with van der Waals surface area (Å²) in [6.07, 6.45) is 0. The van der Waals surface area contributed by atoms with Crippen LogP contribution in [0.2, 0.25) is 0 Å². The van der Waals surface area contributed by atoms with Gasteiger partial charge in [-0.2, -0.15) is 0 Å². The van der Waals surface area contributed by atoms with Gasteiger partial charge in [0, 0.05) is 11.1 Å². The number of allylic oxidation sites excluding steroid dienone is 1. The lowest BCUT2D eigenvalue weighted by Crippen LogP contribution is -2.20. The Labute approximate surface area is 64.4 Å². The number of rotatable bonds is 0. The Morgan fingerprint density at radius 2 is 1.56 bits per heavy atom. The molecule has 0 aromatic carbocycles. The Morgan fingerprint density at radius 3 is 1.56 bits per heavy atom. The third-order valence-electron chi connectivity index (χ3n) is 1.07. The smallest absolute Gasteiger partial charge is 0.0949 e. The van der Waals surface area contributed by atoms with Crippen LogP contribution in [0, 0.1) is 5.41 Å². The highest BCUT2D eigenvalue weighted by Crippen LogP contribution is 2.23. The molecule has 0 spiro atoms. The van der Waals surface area contributed by atoms with Crippen molar-refractivity contribution in [2.75, 3.05) is 0 Å². The second-order valence-corrected chi connectivity index (χ2v) is 3.87. The molecule has 3 heteroatoms. The van der Waals surface area contributed by atoms with E-state index in [-0.39, 0.29) is 5.41 Å². The first-order chi connectivity index (χ1) is 3.85. The molecule has 0 atom stereocenters. The summed E-state index contributed by atoms with van der Waals surface area (Å²) in [5.41, 5.74) is 11.7. The molecule has 0 aliphatic carbocycles. The minimum absolute atomic E-state index is 0.0341. The van der Waals surface area contributed by atoms with E-state index in [2.05, 4.69) is 15.9 Å². The van der Waals surface area contributed by atoms with Crippen LogP contribution in [-0.4, -0.2) is 0 Å². The van der Waals surface area contributed by atoms with E-state index < -0.39 is 0 Å². The largest absolute Gasteiger partial charge is 0.400 e. The molecular weight excluding hydrogens is 180 g/mol. The molecule has 0 saturated heterocycles. The van der Waals surface area contributed by atoms with Gasteiger partial charge in [0.2, 0.25) is 0 Å². The molecule has 0 aromatic rings. The third-order valence-corrected chi connectivity index (χ3v) is 1.49. The van der Waals surface area contributed by atoms with E-state index in [9.17, 15) is 0 Å². The van der Waals surface area contributed by atoms with Gasteiger partial charge in [0.15, 0.2) is 0 Å². The number of nitrogens with two attached hydrogens (primary N) is 2. The van der Waals surface area contributed by atoms with Gasteiger partial charge in [-0.1, -0.05) is 20.8 Å². The SMILES string of the molecule is CC(C)(C)/C(N)=C(/N)Br. The fourth-order valence-electron chi connectivity index (χ4n) is 0.358. The lowest BCUT2D eigenvalue weighted by Gasteiger charge is -2.19. The van der Waals surface area contributed by atoms with Crippen LogP contribution < -0.4 is 11.5 Å². The van der Waals surface area contributed by atoms with E-state index in [4.69, 9.17) is 11.5 Å². The Bertz CT molecular complexity index is 128. The Morgan fingerprint density at radius 1 is 1.22 bits per heavy atom. The quantitative estimate of drug-likeness (QED) is 0.573. The van der Waals surface area contributed by atoms with E-state index in [0.717, 1.165) is 0 Å². The zero-order valence-electron chi connectivity index (χ0n) is 6.03. The number of halogens is 1. The van der Waals surface area contributed by atoms with Crippen LogP contribution in [0.15, 0.2) is 10.3 Å². The van der Waals surface area contributed by atoms with Crippen molar-refractivity contribution < 1.29 is 0 Å². The monoisotopic (exact) mass is 192 g/mol. The van der Waals surface area contributed by atoms with Gasteiger partial charge >= 0.3 is 0 Å². The molecule has 0 bridgehead atoms. The van der Waals surface area contributed by atoms with Gasteiger partial charge < -0.3 is 11.5 Å². The Kier molecular flexibility index (Phi) is 2.55. The molecule has 0 heterocycles. The lowest BCUT2D eigenvalue weighted by molar-refractivity contribution is 0.495. The summed E-state index contributed by atoms with van der Waals surface area (Å²) in [7, 11) is 0. The predicted molar refractivity (Wildman–Crippen MR) is 43.8 cm³/mol. The highest BCUT2D eigenvalue weighted by atomic mass is 79.9. The minimum Gasteiger partial charge on any atom is -0.400 e. The van der Waals surface area contributed by atoms with E-state index in [0.29, 0.717) is 10.3 Å². The van der Waals surface area contributed by atoms with Crippen molar-refractivity contribution in [2.45, 2.75) is 20.8 Å². The molecule has 54 valence electrons. The average molecular weight is 193 g/mol. The van der Waals surface area contributed by atoms with Crippen molar-refractivity contribution in [1.29, 1.82) is 0 Å². The molecule has 2 nitrogen and oxygen atoms in total. The Balaban J connectivity index is 4.40. The average Bonchev–Trinajstić information content (AvgIpc) is 1.62. The van der Waals surface area contributed by atoms with E-state index in [1.165, 1.54) is 0 Å². The van der Waals surface area contributed by atoms with Gasteiger partial charge in [-0.3, -0.25) is 0 Å². The molecule has 4 N–H and O–H groups in total. The summed E-state index contributed by atoms with van der Waals surface area (Å²) in [6.45, 7) is 6.03. The van der Waals surface area contributed by atoms with Crippen molar-refractivity contribution in [3.8, 4) is 0 Å². The molecule has 0 aliphatic heterocycles. The molecule has 0 fully saturated rings. The maximum atomic E-state index is 5.60. The van der Waals surface area contributed by atoms with Crippen molar-refractivity contribution in [1.82, 2.24) is 0 Å². The van der Waals surface area contributed by atoms with Crippen molar-refractivity contribution >= 4 is 15.9 Å². The fraction of sp³-hybridized carbons (Fsp3) is 0.667. The second-order valence-electron chi connectivity index (χ2n) is 3.01. The van der Waals surface area contributed by atoms with Gasteiger partial charge in [0.05, 0.1) is 4.61 Å². The van der Waals surface area contributed by atoms with Gasteiger partial charge in [-0.25, -0.2) is 0 Å². The van der Waals surface area contributed by atoms with Crippen LogP contribution in [0.4, 0.5) is 0 Å². The summed E-state index contributed by atoms with van der Waals surface area (Å²) in [5, 5.41) is 0. The molecule has 0 aromatic heterocycles. The van der Waals surface area contributed by atoms with Crippen LogP contribution in [0.25, 0.3) is 0 Å². The first kappa shape index (κ1) is 8.82. The standard InChI is InChI=1S/C6H13BrN2/c1-6(2,3)4(8)5(7)9/h8-9H2,1-3H3/b5-4-. The Hall–Kier alpha value is -0.180. The van der Waals surface area contributed by atoms with Crippen molar-refractivity contribution in [3.63, 3.8) is 0 Å². The number of hydrogen-bond acceptors (Lipinski definition) is 2. The molecule has 0 aliphatic rings. The van der Waals surface area contributed by atoms with Gasteiger partial charge in [-0.05, 0) is 15.9 Å². The van der Waals surface area contributed by atoms with E-state index in [1.54, 1.807) is 0 Å².